The van der Waals surface area contributed by atoms with E-state index in [1.807, 2.05) is 6.92 Å². The Morgan fingerprint density at radius 3 is 2.61 bits per heavy atom. The Morgan fingerprint density at radius 1 is 1.33 bits per heavy atom. The van der Waals surface area contributed by atoms with Gasteiger partial charge in [-0.25, -0.2) is 15.0 Å². The Kier molecular flexibility index (Phi) is 4.05. The SMILES string of the molecule is Cc1cc(C(N)=S)nc(NN2CCN(C)CC2)n1. The van der Waals surface area contributed by atoms with Gasteiger partial charge in [0.1, 0.15) is 10.7 Å². The van der Waals surface area contributed by atoms with Gasteiger partial charge < -0.3 is 10.6 Å². The van der Waals surface area contributed by atoms with Crippen LogP contribution in [0, 0.1) is 6.92 Å². The van der Waals surface area contributed by atoms with Crippen molar-refractivity contribution in [1.82, 2.24) is 19.9 Å². The van der Waals surface area contributed by atoms with Crippen LogP contribution in [0.15, 0.2) is 6.07 Å². The number of rotatable bonds is 3. The number of nitrogens with one attached hydrogen (secondary N) is 1. The van der Waals surface area contributed by atoms with Gasteiger partial charge in [0.2, 0.25) is 5.95 Å². The second-order valence-corrected chi connectivity index (χ2v) is 4.92. The third-order valence-electron chi connectivity index (χ3n) is 2.87. The van der Waals surface area contributed by atoms with Crippen LogP contribution in [0.2, 0.25) is 0 Å². The number of aryl methyl sites for hydroxylation is 1. The van der Waals surface area contributed by atoms with Gasteiger partial charge in [0.05, 0.1) is 0 Å². The molecule has 98 valence electrons. The van der Waals surface area contributed by atoms with Crippen molar-refractivity contribution in [3.63, 3.8) is 0 Å². The fourth-order valence-corrected chi connectivity index (χ4v) is 1.91. The number of nitrogens with zero attached hydrogens (tertiary/aromatic N) is 4. The highest BCUT2D eigenvalue weighted by Gasteiger charge is 2.15. The van der Waals surface area contributed by atoms with Crippen molar-refractivity contribution in [1.29, 1.82) is 0 Å². The molecular weight excluding hydrogens is 248 g/mol. The molecule has 18 heavy (non-hydrogen) atoms. The Hall–Kier alpha value is -1.31. The summed E-state index contributed by atoms with van der Waals surface area (Å²) in [7, 11) is 2.12. The summed E-state index contributed by atoms with van der Waals surface area (Å²) in [5.41, 5.74) is 10.3. The summed E-state index contributed by atoms with van der Waals surface area (Å²) in [4.78, 5) is 11.2. The van der Waals surface area contributed by atoms with Crippen LogP contribution in [0.25, 0.3) is 0 Å². The number of thiocarbonyl (C=S) groups is 1. The van der Waals surface area contributed by atoms with Gasteiger partial charge in [0, 0.05) is 31.9 Å². The monoisotopic (exact) mass is 266 g/mol. The van der Waals surface area contributed by atoms with E-state index in [0.29, 0.717) is 16.6 Å². The minimum absolute atomic E-state index is 0.293. The van der Waals surface area contributed by atoms with E-state index in [1.165, 1.54) is 0 Å². The Bertz CT molecular complexity index is 441. The topological polar surface area (TPSA) is 70.3 Å². The molecule has 0 radical (unpaired) electrons. The molecule has 7 heteroatoms. The zero-order chi connectivity index (χ0) is 13.1. The lowest BCUT2D eigenvalue weighted by molar-refractivity contribution is 0.178. The van der Waals surface area contributed by atoms with Crippen molar-refractivity contribution in [3.05, 3.63) is 17.5 Å². The van der Waals surface area contributed by atoms with E-state index < -0.39 is 0 Å². The number of likely N-dealkylation sites (N-methyl/N-ethyl adjacent to an activating group) is 1. The molecule has 6 nitrogen and oxygen atoms in total. The molecule has 2 rings (SSSR count). The maximum Gasteiger partial charge on any atom is 0.238 e. The second-order valence-electron chi connectivity index (χ2n) is 4.48. The molecule has 1 saturated heterocycles. The largest absolute Gasteiger partial charge is 0.388 e. The summed E-state index contributed by atoms with van der Waals surface area (Å²) in [6.07, 6.45) is 0. The summed E-state index contributed by atoms with van der Waals surface area (Å²) in [6.45, 7) is 5.84. The van der Waals surface area contributed by atoms with Crippen LogP contribution in [0.4, 0.5) is 5.95 Å². The zero-order valence-electron chi connectivity index (χ0n) is 10.7. The Labute approximate surface area is 112 Å². The van der Waals surface area contributed by atoms with E-state index in [-0.39, 0.29) is 0 Å². The molecule has 0 aromatic carbocycles. The Morgan fingerprint density at radius 2 is 2.00 bits per heavy atom. The molecule has 1 aliphatic rings. The van der Waals surface area contributed by atoms with Gasteiger partial charge >= 0.3 is 0 Å². The van der Waals surface area contributed by atoms with Crippen LogP contribution < -0.4 is 11.2 Å². The molecule has 1 aromatic rings. The van der Waals surface area contributed by atoms with E-state index in [0.717, 1.165) is 31.9 Å². The van der Waals surface area contributed by atoms with Crippen LogP contribution in [0.5, 0.6) is 0 Å². The number of aromatic nitrogens is 2. The lowest BCUT2D eigenvalue weighted by Crippen LogP contribution is -2.47. The van der Waals surface area contributed by atoms with Crippen LogP contribution >= 0.6 is 12.2 Å². The number of hydrogen-bond acceptors (Lipinski definition) is 6. The minimum Gasteiger partial charge on any atom is -0.388 e. The normalized spacial score (nSPS) is 17.7. The maximum atomic E-state index is 5.60. The summed E-state index contributed by atoms with van der Waals surface area (Å²) in [6, 6.07) is 1.79. The fourth-order valence-electron chi connectivity index (χ4n) is 1.80. The molecule has 0 atom stereocenters. The number of piperazine rings is 1. The van der Waals surface area contributed by atoms with Crippen LogP contribution in [0.1, 0.15) is 11.4 Å². The summed E-state index contributed by atoms with van der Waals surface area (Å²) < 4.78 is 0. The molecule has 3 N–H and O–H groups in total. The molecule has 1 aromatic heterocycles. The summed E-state index contributed by atoms with van der Waals surface area (Å²) in [5, 5.41) is 2.11. The molecule has 0 aliphatic carbocycles. The maximum absolute atomic E-state index is 5.60. The molecule has 2 heterocycles. The van der Waals surface area contributed by atoms with Gasteiger partial charge in [-0.2, -0.15) is 0 Å². The van der Waals surface area contributed by atoms with Gasteiger partial charge in [0.25, 0.3) is 0 Å². The molecule has 0 saturated carbocycles. The first-order valence-corrected chi connectivity index (χ1v) is 6.31. The first-order chi connectivity index (χ1) is 8.54. The number of anilines is 1. The standard InChI is InChI=1S/C11H18N6S/c1-8-7-9(10(12)18)14-11(13-8)15-17-5-3-16(2)4-6-17/h7H,3-6H2,1-2H3,(H2,12,18)(H,13,14,15). The van der Waals surface area contributed by atoms with Gasteiger partial charge in [-0.1, -0.05) is 12.2 Å². The highest BCUT2D eigenvalue weighted by atomic mass is 32.1. The lowest BCUT2D eigenvalue weighted by atomic mass is 10.3. The predicted octanol–water partition coefficient (Wildman–Crippen LogP) is -0.00648. The van der Waals surface area contributed by atoms with Crippen molar-refractivity contribution >= 4 is 23.2 Å². The minimum atomic E-state index is 0.293. The van der Waals surface area contributed by atoms with E-state index in [1.54, 1.807) is 6.07 Å². The van der Waals surface area contributed by atoms with Crippen LogP contribution in [0.3, 0.4) is 0 Å². The van der Waals surface area contributed by atoms with Gasteiger partial charge in [-0.3, -0.25) is 5.43 Å². The van der Waals surface area contributed by atoms with Crippen molar-refractivity contribution in [2.24, 2.45) is 5.73 Å². The highest BCUT2D eigenvalue weighted by Crippen LogP contribution is 2.07. The molecule has 1 fully saturated rings. The van der Waals surface area contributed by atoms with Gasteiger partial charge in [0.15, 0.2) is 0 Å². The highest BCUT2D eigenvalue weighted by molar-refractivity contribution is 7.80. The molecule has 0 unspecified atom stereocenters. The van der Waals surface area contributed by atoms with E-state index in [9.17, 15) is 0 Å². The number of hydrogen-bond donors (Lipinski definition) is 2. The van der Waals surface area contributed by atoms with Crippen molar-refractivity contribution in [2.75, 3.05) is 38.7 Å². The second kappa shape index (κ2) is 5.55. The van der Waals surface area contributed by atoms with Crippen LogP contribution in [-0.2, 0) is 0 Å². The third-order valence-corrected chi connectivity index (χ3v) is 3.08. The quantitative estimate of drug-likeness (QED) is 0.746. The summed E-state index contributed by atoms with van der Waals surface area (Å²) >= 11 is 4.94. The van der Waals surface area contributed by atoms with Crippen molar-refractivity contribution in [2.45, 2.75) is 6.92 Å². The zero-order valence-corrected chi connectivity index (χ0v) is 11.5. The van der Waals surface area contributed by atoms with E-state index in [4.69, 9.17) is 18.0 Å². The molecule has 0 amide bonds. The summed E-state index contributed by atoms with van der Waals surface area (Å²) in [5.74, 6) is 0.558. The Balaban J connectivity index is 2.07. The average Bonchev–Trinajstić information content (AvgIpc) is 2.31. The predicted molar refractivity (Wildman–Crippen MR) is 75.3 cm³/mol. The van der Waals surface area contributed by atoms with E-state index >= 15 is 0 Å². The molecule has 0 spiro atoms. The van der Waals surface area contributed by atoms with Gasteiger partial charge in [-0.15, -0.1) is 0 Å². The number of nitrogens with two attached hydrogens (primary N) is 1. The molecule has 0 bridgehead atoms. The third kappa shape index (κ3) is 3.34. The lowest BCUT2D eigenvalue weighted by Gasteiger charge is -2.32. The average molecular weight is 266 g/mol. The molecule has 1 aliphatic heterocycles. The van der Waals surface area contributed by atoms with Crippen molar-refractivity contribution in [3.8, 4) is 0 Å². The van der Waals surface area contributed by atoms with E-state index in [2.05, 4.69) is 32.4 Å². The molecular formula is C11H18N6S. The van der Waals surface area contributed by atoms with Gasteiger partial charge in [-0.05, 0) is 20.0 Å². The fraction of sp³-hybridized carbons (Fsp3) is 0.545. The van der Waals surface area contributed by atoms with Crippen molar-refractivity contribution < 1.29 is 0 Å². The van der Waals surface area contributed by atoms with Crippen LogP contribution in [-0.4, -0.2) is 58.1 Å². The first kappa shape index (κ1) is 13.1. The number of hydrazine groups is 1. The first-order valence-electron chi connectivity index (χ1n) is 5.90. The smallest absolute Gasteiger partial charge is 0.238 e.